The first-order chi connectivity index (χ1) is 15.3. The van der Waals surface area contributed by atoms with E-state index in [2.05, 4.69) is 24.1 Å². The van der Waals surface area contributed by atoms with E-state index in [4.69, 9.17) is 23.2 Å². The van der Waals surface area contributed by atoms with E-state index in [-0.39, 0.29) is 28.7 Å². The van der Waals surface area contributed by atoms with Gasteiger partial charge in [0.15, 0.2) is 0 Å². The largest absolute Gasteiger partial charge is 0.324 e. The summed E-state index contributed by atoms with van der Waals surface area (Å²) in [5.74, 6) is -1.62. The van der Waals surface area contributed by atoms with Gasteiger partial charge in [-0.2, -0.15) is 0 Å². The number of Topliss-reactive ketones (excluding diaryl/α,β-unsaturated/α-hetero) is 1. The van der Waals surface area contributed by atoms with Crippen LogP contribution < -0.4 is 5.32 Å². The van der Waals surface area contributed by atoms with Gasteiger partial charge in [-0.25, -0.2) is 4.39 Å². The van der Waals surface area contributed by atoms with Gasteiger partial charge in [-0.05, 0) is 42.5 Å². The second kappa shape index (κ2) is 7.82. The fourth-order valence-corrected chi connectivity index (χ4v) is 6.60. The molecule has 5 rings (SSSR count). The highest BCUT2D eigenvalue weighted by molar-refractivity contribution is 6.31. The number of halogens is 3. The minimum Gasteiger partial charge on any atom is -0.324 e. The van der Waals surface area contributed by atoms with E-state index >= 15 is 4.39 Å². The predicted octanol–water partition coefficient (Wildman–Crippen LogP) is 5.77. The van der Waals surface area contributed by atoms with Crippen molar-refractivity contribution >= 4 is 40.6 Å². The molecule has 4 nitrogen and oxygen atoms in total. The van der Waals surface area contributed by atoms with E-state index in [0.717, 1.165) is 18.4 Å². The molecular weight excluding hydrogens is 450 g/mol. The Bertz CT molecular complexity index is 1120. The lowest BCUT2D eigenvalue weighted by Gasteiger charge is -2.40. The van der Waals surface area contributed by atoms with Crippen LogP contribution in [0.5, 0.6) is 0 Å². The molecule has 0 unspecified atom stereocenters. The fourth-order valence-electron chi connectivity index (χ4n) is 6.24. The summed E-state index contributed by atoms with van der Waals surface area (Å²) in [6.45, 7) is 4.80. The van der Waals surface area contributed by atoms with Crippen molar-refractivity contribution in [3.63, 3.8) is 0 Å². The third kappa shape index (κ3) is 2.98. The molecule has 0 radical (unpaired) electrons. The summed E-state index contributed by atoms with van der Waals surface area (Å²) in [6.07, 6.45) is 2.00. The van der Waals surface area contributed by atoms with Gasteiger partial charge in [-0.3, -0.25) is 14.5 Å². The number of carbonyl (C=O) groups excluding carboxylic acids is 2. The Morgan fingerprint density at radius 3 is 2.75 bits per heavy atom. The van der Waals surface area contributed by atoms with Crippen LogP contribution in [0.25, 0.3) is 0 Å². The summed E-state index contributed by atoms with van der Waals surface area (Å²) in [5.41, 5.74) is 0.492. The number of rotatable bonds is 3. The monoisotopic (exact) mass is 474 g/mol. The van der Waals surface area contributed by atoms with E-state index in [1.807, 2.05) is 6.07 Å². The SMILES string of the molecule is CC(C)CN1[C@H]2CCCC(=O)[C@H]2[C@H](c2cccc(Cl)c2F)[C@]12C(=O)Nc1cc(Cl)ccc12. The fraction of sp³-hybridized carbons (Fsp3) is 0.440. The number of benzene rings is 2. The lowest BCUT2D eigenvalue weighted by molar-refractivity contribution is -0.128. The minimum atomic E-state index is -1.20. The number of fused-ring (bicyclic) bond motifs is 3. The molecule has 2 fully saturated rings. The smallest absolute Gasteiger partial charge is 0.250 e. The molecule has 0 bridgehead atoms. The number of likely N-dealkylation sites (tertiary alicyclic amines) is 1. The highest BCUT2D eigenvalue weighted by Gasteiger charge is 2.68. The van der Waals surface area contributed by atoms with Gasteiger partial charge in [0.1, 0.15) is 17.1 Å². The maximum Gasteiger partial charge on any atom is 0.250 e. The van der Waals surface area contributed by atoms with Gasteiger partial charge in [0, 0.05) is 47.1 Å². The van der Waals surface area contributed by atoms with Crippen molar-refractivity contribution < 1.29 is 14.0 Å². The van der Waals surface area contributed by atoms with Crippen molar-refractivity contribution in [2.24, 2.45) is 11.8 Å². The zero-order valence-corrected chi connectivity index (χ0v) is 19.5. The number of hydrogen-bond acceptors (Lipinski definition) is 3. The molecule has 1 spiro atoms. The van der Waals surface area contributed by atoms with Crippen LogP contribution in [0.3, 0.4) is 0 Å². The van der Waals surface area contributed by atoms with Gasteiger partial charge in [0.05, 0.1) is 5.02 Å². The van der Waals surface area contributed by atoms with Crippen molar-refractivity contribution in [2.75, 3.05) is 11.9 Å². The average Bonchev–Trinajstić information content (AvgIpc) is 3.17. The molecule has 4 atom stereocenters. The molecule has 2 aromatic rings. The van der Waals surface area contributed by atoms with Crippen LogP contribution >= 0.6 is 23.2 Å². The Morgan fingerprint density at radius 2 is 2.00 bits per heavy atom. The van der Waals surface area contributed by atoms with Crippen LogP contribution in [-0.2, 0) is 15.1 Å². The summed E-state index contributed by atoms with van der Waals surface area (Å²) in [4.78, 5) is 29.5. The number of hydrogen-bond donors (Lipinski definition) is 1. The standard InChI is InChI=1S/C25H25Cl2FN2O2/c1-13(2)12-30-19-7-4-8-20(31)21(19)22(15-5-3-6-17(27)23(15)28)25(30)16-10-9-14(26)11-18(16)29-24(25)32/h3,5-6,9-11,13,19,21-22H,4,7-8,12H2,1-2H3,(H,29,32)/t19-,21-,22-,25+/m0/s1. The molecule has 0 aromatic heterocycles. The maximum absolute atomic E-state index is 15.5. The van der Waals surface area contributed by atoms with E-state index < -0.39 is 23.2 Å². The number of carbonyl (C=O) groups is 2. The van der Waals surface area contributed by atoms with E-state index in [1.54, 1.807) is 24.3 Å². The first-order valence-corrected chi connectivity index (χ1v) is 11.9. The number of anilines is 1. The van der Waals surface area contributed by atoms with Crippen molar-refractivity contribution in [3.05, 3.63) is 63.4 Å². The van der Waals surface area contributed by atoms with E-state index in [1.165, 1.54) is 6.07 Å². The van der Waals surface area contributed by atoms with Gasteiger partial charge in [-0.1, -0.05) is 55.2 Å². The van der Waals surface area contributed by atoms with Crippen molar-refractivity contribution in [3.8, 4) is 0 Å². The quantitative estimate of drug-likeness (QED) is 0.613. The Kier molecular flexibility index (Phi) is 5.35. The summed E-state index contributed by atoms with van der Waals surface area (Å²) in [7, 11) is 0. The van der Waals surface area contributed by atoms with Crippen molar-refractivity contribution in [1.29, 1.82) is 0 Å². The summed E-state index contributed by atoms with van der Waals surface area (Å²) in [5, 5.41) is 3.50. The topological polar surface area (TPSA) is 49.4 Å². The molecule has 1 aliphatic carbocycles. The first-order valence-electron chi connectivity index (χ1n) is 11.1. The van der Waals surface area contributed by atoms with Gasteiger partial charge >= 0.3 is 0 Å². The summed E-state index contributed by atoms with van der Waals surface area (Å²) in [6, 6.07) is 10.0. The molecule has 2 aromatic carbocycles. The number of nitrogens with one attached hydrogen (secondary N) is 1. The molecule has 1 amide bonds. The van der Waals surface area contributed by atoms with Crippen LogP contribution in [0.15, 0.2) is 36.4 Å². The molecule has 1 saturated heterocycles. The summed E-state index contributed by atoms with van der Waals surface area (Å²) >= 11 is 12.4. The van der Waals surface area contributed by atoms with Gasteiger partial charge < -0.3 is 5.32 Å². The predicted molar refractivity (Wildman–Crippen MR) is 124 cm³/mol. The lowest BCUT2D eigenvalue weighted by atomic mass is 9.68. The maximum atomic E-state index is 15.5. The average molecular weight is 475 g/mol. The van der Waals surface area contributed by atoms with Crippen LogP contribution in [0.2, 0.25) is 10.0 Å². The second-order valence-corrected chi connectivity index (χ2v) is 10.4. The third-order valence-electron chi connectivity index (χ3n) is 7.24. The van der Waals surface area contributed by atoms with Gasteiger partial charge in [0.2, 0.25) is 5.91 Å². The van der Waals surface area contributed by atoms with Crippen LogP contribution in [0, 0.1) is 17.7 Å². The zero-order valence-electron chi connectivity index (χ0n) is 18.0. The van der Waals surface area contributed by atoms with Crippen LogP contribution in [-0.4, -0.2) is 29.2 Å². The highest BCUT2D eigenvalue weighted by Crippen LogP contribution is 2.62. The van der Waals surface area contributed by atoms with Crippen LogP contribution in [0.1, 0.15) is 50.2 Å². The number of ketones is 1. The molecule has 2 aliphatic heterocycles. The first kappa shape index (κ1) is 21.9. The van der Waals surface area contributed by atoms with E-state index in [9.17, 15) is 9.59 Å². The zero-order chi connectivity index (χ0) is 22.8. The minimum absolute atomic E-state index is 0.00509. The Morgan fingerprint density at radius 1 is 1.22 bits per heavy atom. The van der Waals surface area contributed by atoms with E-state index in [0.29, 0.717) is 29.2 Å². The normalized spacial score (nSPS) is 29.5. The Balaban J connectivity index is 1.84. The number of nitrogens with zero attached hydrogens (tertiary/aromatic N) is 1. The summed E-state index contributed by atoms with van der Waals surface area (Å²) < 4.78 is 15.5. The molecule has 1 saturated carbocycles. The lowest BCUT2D eigenvalue weighted by Crippen LogP contribution is -2.53. The van der Waals surface area contributed by atoms with Gasteiger partial charge in [-0.15, -0.1) is 0 Å². The molecule has 3 aliphatic rings. The molecule has 2 heterocycles. The third-order valence-corrected chi connectivity index (χ3v) is 7.76. The molecule has 1 N–H and O–H groups in total. The Labute approximate surface area is 197 Å². The van der Waals surface area contributed by atoms with Crippen molar-refractivity contribution in [2.45, 2.75) is 50.6 Å². The Hall–Kier alpha value is -1.95. The number of amides is 1. The second-order valence-electron chi connectivity index (χ2n) is 9.53. The highest BCUT2D eigenvalue weighted by atomic mass is 35.5. The molecular formula is C25H25Cl2FN2O2. The molecule has 7 heteroatoms. The van der Waals surface area contributed by atoms with Gasteiger partial charge in [0.25, 0.3) is 0 Å². The van der Waals surface area contributed by atoms with Crippen LogP contribution in [0.4, 0.5) is 10.1 Å². The molecule has 32 heavy (non-hydrogen) atoms. The molecule has 168 valence electrons. The van der Waals surface area contributed by atoms with Crippen molar-refractivity contribution in [1.82, 2.24) is 4.90 Å².